The molecule has 23 heavy (non-hydrogen) atoms. The number of aliphatic hydroxyl groups is 1. The van der Waals surface area contributed by atoms with E-state index in [1.54, 1.807) is 21.3 Å². The van der Waals surface area contributed by atoms with Gasteiger partial charge in [0.05, 0.1) is 27.9 Å². The third-order valence-corrected chi connectivity index (χ3v) is 4.48. The second-order valence-electron chi connectivity index (χ2n) is 5.27. The van der Waals surface area contributed by atoms with Crippen LogP contribution < -0.4 is 14.2 Å². The molecule has 0 amide bonds. The van der Waals surface area contributed by atoms with Crippen molar-refractivity contribution in [1.29, 1.82) is 0 Å². The van der Waals surface area contributed by atoms with Gasteiger partial charge in [-0.1, -0.05) is 12.2 Å². The monoisotopic (exact) mass is 340 g/mol. The molecule has 0 spiro atoms. The molecule has 1 aromatic rings. The van der Waals surface area contributed by atoms with Crippen molar-refractivity contribution in [2.24, 2.45) is 0 Å². The fourth-order valence-corrected chi connectivity index (χ4v) is 3.00. The number of β-amino-alcohol motifs (C(OH)–C–C–N with tert-alkyl or cyclic N) is 1. The van der Waals surface area contributed by atoms with Crippen LogP contribution in [0.15, 0.2) is 12.1 Å². The summed E-state index contributed by atoms with van der Waals surface area (Å²) >= 11 is 5.64. The van der Waals surface area contributed by atoms with Gasteiger partial charge in [0.1, 0.15) is 4.99 Å². The average Bonchev–Trinajstić information content (AvgIpc) is 2.60. The highest BCUT2D eigenvalue weighted by atomic mass is 32.1. The number of benzene rings is 1. The van der Waals surface area contributed by atoms with E-state index in [4.69, 9.17) is 31.5 Å². The molecule has 0 atom stereocenters. The molecule has 1 N–H and O–H groups in total. The van der Waals surface area contributed by atoms with Crippen molar-refractivity contribution in [3.8, 4) is 17.2 Å². The van der Waals surface area contributed by atoms with E-state index in [1.807, 2.05) is 12.1 Å². The number of nitrogens with zero attached hydrogens (tertiary/aromatic N) is 2. The molecule has 1 aliphatic rings. The van der Waals surface area contributed by atoms with Crippen molar-refractivity contribution in [2.75, 3.05) is 60.7 Å². The SMILES string of the molecule is COc1cc(C(=S)N2CCN(CCO)CC2)cc(OC)c1OC. The van der Waals surface area contributed by atoms with Gasteiger partial charge in [-0.15, -0.1) is 0 Å². The van der Waals surface area contributed by atoms with Crippen LogP contribution in [0.2, 0.25) is 0 Å². The summed E-state index contributed by atoms with van der Waals surface area (Å²) < 4.78 is 16.1. The Balaban J connectivity index is 2.16. The van der Waals surface area contributed by atoms with Crippen LogP contribution in [-0.4, -0.2) is 80.6 Å². The molecular weight excluding hydrogens is 316 g/mol. The lowest BCUT2D eigenvalue weighted by atomic mass is 10.1. The van der Waals surface area contributed by atoms with Crippen molar-refractivity contribution in [3.63, 3.8) is 0 Å². The van der Waals surface area contributed by atoms with Gasteiger partial charge in [-0.25, -0.2) is 0 Å². The van der Waals surface area contributed by atoms with Crippen molar-refractivity contribution < 1.29 is 19.3 Å². The Morgan fingerprint density at radius 1 is 1.04 bits per heavy atom. The number of thiocarbonyl (C=S) groups is 1. The van der Waals surface area contributed by atoms with Gasteiger partial charge in [0.25, 0.3) is 0 Å². The Morgan fingerprint density at radius 2 is 1.61 bits per heavy atom. The Kier molecular flexibility index (Phi) is 6.44. The zero-order valence-electron chi connectivity index (χ0n) is 13.9. The molecule has 1 fully saturated rings. The summed E-state index contributed by atoms with van der Waals surface area (Å²) in [5, 5.41) is 9.02. The molecule has 0 aromatic heterocycles. The molecular formula is C16H24N2O4S. The van der Waals surface area contributed by atoms with Gasteiger partial charge in [0, 0.05) is 38.3 Å². The highest BCUT2D eigenvalue weighted by Gasteiger charge is 2.22. The van der Waals surface area contributed by atoms with E-state index in [1.165, 1.54) is 0 Å². The summed E-state index contributed by atoms with van der Waals surface area (Å²) in [6.45, 7) is 4.38. The van der Waals surface area contributed by atoms with Gasteiger partial charge in [0.15, 0.2) is 11.5 Å². The average molecular weight is 340 g/mol. The lowest BCUT2D eigenvalue weighted by Crippen LogP contribution is -2.49. The maximum atomic E-state index is 9.02. The standard InChI is InChI=1S/C16H24N2O4S/c1-20-13-10-12(11-14(21-2)15(13)22-3)16(23)18-6-4-17(5-7-18)8-9-19/h10-11,19H,4-9H2,1-3H3. The summed E-state index contributed by atoms with van der Waals surface area (Å²) in [6.07, 6.45) is 0. The minimum atomic E-state index is 0.192. The lowest BCUT2D eigenvalue weighted by molar-refractivity contribution is 0.148. The lowest BCUT2D eigenvalue weighted by Gasteiger charge is -2.36. The second kappa shape index (κ2) is 8.33. The number of aliphatic hydroxyl groups excluding tert-OH is 1. The first-order chi connectivity index (χ1) is 11.1. The van der Waals surface area contributed by atoms with Crippen molar-refractivity contribution in [1.82, 2.24) is 9.80 Å². The van der Waals surface area contributed by atoms with E-state index in [9.17, 15) is 0 Å². The minimum Gasteiger partial charge on any atom is -0.493 e. The largest absolute Gasteiger partial charge is 0.493 e. The van der Waals surface area contributed by atoms with E-state index in [0.29, 0.717) is 23.8 Å². The van der Waals surface area contributed by atoms with Crippen LogP contribution in [-0.2, 0) is 0 Å². The molecule has 6 nitrogen and oxygen atoms in total. The van der Waals surface area contributed by atoms with E-state index >= 15 is 0 Å². The fraction of sp³-hybridized carbons (Fsp3) is 0.562. The summed E-state index contributed by atoms with van der Waals surface area (Å²) in [7, 11) is 4.77. The van der Waals surface area contributed by atoms with Crippen molar-refractivity contribution >= 4 is 17.2 Å². The maximum absolute atomic E-state index is 9.02. The topological polar surface area (TPSA) is 54.4 Å². The summed E-state index contributed by atoms with van der Waals surface area (Å²) in [5.74, 6) is 1.76. The first kappa shape index (κ1) is 17.8. The zero-order chi connectivity index (χ0) is 16.8. The molecule has 128 valence electrons. The van der Waals surface area contributed by atoms with Gasteiger partial charge in [-0.3, -0.25) is 4.90 Å². The predicted molar refractivity (Wildman–Crippen MR) is 92.9 cm³/mol. The summed E-state index contributed by atoms with van der Waals surface area (Å²) in [4.78, 5) is 5.17. The summed E-state index contributed by atoms with van der Waals surface area (Å²) in [5.41, 5.74) is 0.880. The normalized spacial score (nSPS) is 15.4. The predicted octanol–water partition coefficient (Wildman–Crippen LogP) is 0.998. The van der Waals surface area contributed by atoms with Gasteiger partial charge in [-0.05, 0) is 12.1 Å². The highest BCUT2D eigenvalue weighted by Crippen LogP contribution is 2.38. The summed E-state index contributed by atoms with van der Waals surface area (Å²) in [6, 6.07) is 3.76. The third kappa shape index (κ3) is 4.04. The first-order valence-corrected chi connectivity index (χ1v) is 7.98. The van der Waals surface area contributed by atoms with Crippen LogP contribution in [0.1, 0.15) is 5.56 Å². The van der Waals surface area contributed by atoms with E-state index in [0.717, 1.165) is 36.7 Å². The third-order valence-electron chi connectivity index (χ3n) is 3.99. The van der Waals surface area contributed by atoms with E-state index in [2.05, 4.69) is 9.80 Å². The molecule has 1 heterocycles. The Morgan fingerprint density at radius 3 is 2.04 bits per heavy atom. The Hall–Kier alpha value is -1.57. The van der Waals surface area contributed by atoms with Gasteiger partial charge in [-0.2, -0.15) is 0 Å². The molecule has 1 aromatic carbocycles. The van der Waals surface area contributed by atoms with Crippen LogP contribution in [0.25, 0.3) is 0 Å². The maximum Gasteiger partial charge on any atom is 0.203 e. The number of methoxy groups -OCH3 is 3. The fourth-order valence-electron chi connectivity index (χ4n) is 2.70. The van der Waals surface area contributed by atoms with Gasteiger partial charge >= 0.3 is 0 Å². The van der Waals surface area contributed by atoms with Crippen LogP contribution >= 0.6 is 12.2 Å². The molecule has 0 saturated carbocycles. The molecule has 0 radical (unpaired) electrons. The first-order valence-electron chi connectivity index (χ1n) is 7.57. The Bertz CT molecular complexity index is 520. The molecule has 0 bridgehead atoms. The number of rotatable bonds is 6. The molecule has 2 rings (SSSR count). The van der Waals surface area contributed by atoms with Crippen LogP contribution in [0.4, 0.5) is 0 Å². The quantitative estimate of drug-likeness (QED) is 0.775. The van der Waals surface area contributed by atoms with E-state index in [-0.39, 0.29) is 6.61 Å². The number of hydrogen-bond acceptors (Lipinski definition) is 6. The molecule has 7 heteroatoms. The van der Waals surface area contributed by atoms with E-state index < -0.39 is 0 Å². The van der Waals surface area contributed by atoms with Gasteiger partial charge in [0.2, 0.25) is 5.75 Å². The Labute approximate surface area is 142 Å². The number of piperazine rings is 1. The van der Waals surface area contributed by atoms with Gasteiger partial charge < -0.3 is 24.2 Å². The number of hydrogen-bond donors (Lipinski definition) is 1. The number of ether oxygens (including phenoxy) is 3. The second-order valence-corrected chi connectivity index (χ2v) is 5.66. The molecule has 0 unspecified atom stereocenters. The van der Waals surface area contributed by atoms with Crippen molar-refractivity contribution in [3.05, 3.63) is 17.7 Å². The van der Waals surface area contributed by atoms with Crippen molar-refractivity contribution in [2.45, 2.75) is 0 Å². The highest BCUT2D eigenvalue weighted by molar-refractivity contribution is 7.80. The molecule has 1 saturated heterocycles. The van der Waals surface area contributed by atoms with Crippen LogP contribution in [0.3, 0.4) is 0 Å². The van der Waals surface area contributed by atoms with Crippen LogP contribution in [0.5, 0.6) is 17.2 Å². The molecule has 0 aliphatic carbocycles. The van der Waals surface area contributed by atoms with Crippen LogP contribution in [0, 0.1) is 0 Å². The zero-order valence-corrected chi connectivity index (χ0v) is 14.7. The smallest absolute Gasteiger partial charge is 0.203 e. The minimum absolute atomic E-state index is 0.192. The molecule has 1 aliphatic heterocycles.